The zero-order chi connectivity index (χ0) is 36.4. The molecule has 1 N–H and O–H groups in total. The van der Waals surface area contributed by atoms with Gasteiger partial charge in [0.15, 0.2) is 0 Å². The Hall–Kier alpha value is -3.70. The van der Waals surface area contributed by atoms with Gasteiger partial charge in [-0.3, -0.25) is 13.9 Å². The number of sulfonamides is 1. The Bertz CT molecular complexity index is 1890. The summed E-state index contributed by atoms with van der Waals surface area (Å²) in [6, 6.07) is 26.7. The predicted molar refractivity (Wildman–Crippen MR) is 206 cm³/mol. The molecule has 1 atom stereocenters. The van der Waals surface area contributed by atoms with Crippen LogP contribution >= 0.6 is 35.0 Å². The topological polar surface area (TPSA) is 96.0 Å². The van der Waals surface area contributed by atoms with Crippen molar-refractivity contribution >= 4 is 62.5 Å². The molecular formula is C39H43Cl2N3O5S2. The summed E-state index contributed by atoms with van der Waals surface area (Å²) in [6.45, 7) is 1.42. The molecule has 0 aliphatic heterocycles. The van der Waals surface area contributed by atoms with Crippen molar-refractivity contribution in [2.45, 2.75) is 73.9 Å². The van der Waals surface area contributed by atoms with Gasteiger partial charge in [-0.05, 0) is 85.7 Å². The minimum atomic E-state index is -4.31. The number of ether oxygens (including phenoxy) is 1. The minimum Gasteiger partial charge on any atom is -0.492 e. The van der Waals surface area contributed by atoms with E-state index in [-0.39, 0.29) is 42.1 Å². The molecule has 1 saturated carbocycles. The van der Waals surface area contributed by atoms with Crippen LogP contribution in [0.5, 0.6) is 5.75 Å². The van der Waals surface area contributed by atoms with Crippen molar-refractivity contribution in [3.63, 3.8) is 0 Å². The first-order valence-corrected chi connectivity index (χ1v) is 20.5. The molecule has 4 aromatic rings. The van der Waals surface area contributed by atoms with Crippen molar-refractivity contribution in [1.29, 1.82) is 0 Å². The van der Waals surface area contributed by atoms with E-state index in [1.165, 1.54) is 28.8 Å². The number of hydrogen-bond donors (Lipinski definition) is 1. The van der Waals surface area contributed by atoms with Crippen molar-refractivity contribution < 1.29 is 22.7 Å². The highest BCUT2D eigenvalue weighted by Crippen LogP contribution is 2.34. The zero-order valence-electron chi connectivity index (χ0n) is 28.8. The van der Waals surface area contributed by atoms with Crippen LogP contribution in [0, 0.1) is 0 Å². The number of thioether (sulfide) groups is 1. The summed E-state index contributed by atoms with van der Waals surface area (Å²) in [5.74, 6) is -0.586. The maximum Gasteiger partial charge on any atom is 0.264 e. The maximum atomic E-state index is 14.9. The van der Waals surface area contributed by atoms with E-state index in [4.69, 9.17) is 27.9 Å². The summed E-state index contributed by atoms with van der Waals surface area (Å²) in [5, 5.41) is 3.97. The number of halogens is 2. The van der Waals surface area contributed by atoms with Gasteiger partial charge < -0.3 is 15.0 Å². The second-order valence-corrected chi connectivity index (χ2v) is 16.0. The predicted octanol–water partition coefficient (Wildman–Crippen LogP) is 8.40. The second kappa shape index (κ2) is 18.2. The molecule has 5 rings (SSSR count). The number of para-hydroxylation sites is 2. The van der Waals surface area contributed by atoms with Gasteiger partial charge in [0.05, 0.1) is 17.2 Å². The van der Waals surface area contributed by atoms with Crippen LogP contribution < -0.4 is 14.4 Å². The number of nitrogens with one attached hydrogen (secondary N) is 1. The summed E-state index contributed by atoms with van der Waals surface area (Å²) < 4.78 is 36.0. The number of benzene rings is 4. The number of amides is 2. The van der Waals surface area contributed by atoms with Crippen LogP contribution in [0.4, 0.5) is 5.69 Å². The Morgan fingerprint density at radius 3 is 2.27 bits per heavy atom. The first kappa shape index (κ1) is 38.5. The quantitative estimate of drug-likeness (QED) is 0.122. The molecule has 0 bridgehead atoms. The molecule has 0 spiro atoms. The summed E-state index contributed by atoms with van der Waals surface area (Å²) in [7, 11) is -4.31. The van der Waals surface area contributed by atoms with Gasteiger partial charge in [0, 0.05) is 33.9 Å². The van der Waals surface area contributed by atoms with Gasteiger partial charge in [-0.1, -0.05) is 91.0 Å². The number of carbonyl (C=O) groups excluding carboxylic acids is 2. The van der Waals surface area contributed by atoms with Gasteiger partial charge in [-0.2, -0.15) is 0 Å². The number of nitrogens with zero attached hydrogens (tertiary/aromatic N) is 2. The second-order valence-electron chi connectivity index (χ2n) is 12.4. The smallest absolute Gasteiger partial charge is 0.264 e. The molecule has 1 fully saturated rings. The molecule has 1 aliphatic rings. The monoisotopic (exact) mass is 767 g/mol. The third-order valence-electron chi connectivity index (χ3n) is 8.94. The van der Waals surface area contributed by atoms with Crippen molar-refractivity contribution in [2.24, 2.45) is 0 Å². The van der Waals surface area contributed by atoms with E-state index in [2.05, 4.69) is 5.32 Å². The lowest BCUT2D eigenvalue weighted by atomic mass is 9.94. The lowest BCUT2D eigenvalue weighted by Gasteiger charge is -2.35. The van der Waals surface area contributed by atoms with Crippen LogP contribution in [-0.4, -0.2) is 56.6 Å². The Balaban J connectivity index is 1.61. The SMILES string of the molecule is CCOc1ccccc1N(CC(=O)N(Cc1ccc(Cl)cc1Cl)[C@H](Cc1ccccc1)C(=O)NC1CCCCC1)S(=O)(=O)c1ccc(SC)cc1. The largest absolute Gasteiger partial charge is 0.492 e. The Kier molecular flexibility index (Phi) is 13.7. The highest BCUT2D eigenvalue weighted by atomic mass is 35.5. The van der Waals surface area contributed by atoms with E-state index in [9.17, 15) is 18.0 Å². The highest BCUT2D eigenvalue weighted by molar-refractivity contribution is 7.98. The molecular weight excluding hydrogens is 725 g/mol. The van der Waals surface area contributed by atoms with Gasteiger partial charge in [0.25, 0.3) is 10.0 Å². The Labute approximate surface area is 315 Å². The van der Waals surface area contributed by atoms with Gasteiger partial charge in [0.1, 0.15) is 18.3 Å². The summed E-state index contributed by atoms with van der Waals surface area (Å²) >= 11 is 14.4. The van der Waals surface area contributed by atoms with Crippen LogP contribution in [0.3, 0.4) is 0 Å². The average molecular weight is 769 g/mol. The molecule has 0 unspecified atom stereocenters. The Morgan fingerprint density at radius 2 is 1.61 bits per heavy atom. The van der Waals surface area contributed by atoms with Gasteiger partial charge in [0.2, 0.25) is 11.8 Å². The van der Waals surface area contributed by atoms with E-state index in [0.29, 0.717) is 21.4 Å². The molecule has 0 radical (unpaired) electrons. The lowest BCUT2D eigenvalue weighted by Crippen LogP contribution is -2.55. The minimum absolute atomic E-state index is 0.0141. The molecule has 0 heterocycles. The third-order valence-corrected chi connectivity index (χ3v) is 12.0. The van der Waals surface area contributed by atoms with Gasteiger partial charge in [-0.15, -0.1) is 11.8 Å². The van der Waals surface area contributed by atoms with Crippen molar-refractivity contribution in [3.05, 3.63) is 118 Å². The first-order chi connectivity index (χ1) is 24.6. The number of rotatable bonds is 15. The van der Waals surface area contributed by atoms with Crippen molar-refractivity contribution in [2.75, 3.05) is 23.7 Å². The fraction of sp³-hybridized carbons (Fsp3) is 0.333. The normalized spacial score (nSPS) is 14.0. The Morgan fingerprint density at radius 1 is 0.922 bits per heavy atom. The van der Waals surface area contributed by atoms with Crippen LogP contribution in [0.15, 0.2) is 107 Å². The van der Waals surface area contributed by atoms with E-state index < -0.39 is 28.5 Å². The van der Waals surface area contributed by atoms with E-state index in [1.54, 1.807) is 61.5 Å². The maximum absolute atomic E-state index is 14.9. The summed E-state index contributed by atoms with van der Waals surface area (Å²) in [6.07, 6.45) is 6.97. The molecule has 0 aromatic heterocycles. The van der Waals surface area contributed by atoms with Crippen LogP contribution in [0.2, 0.25) is 10.0 Å². The summed E-state index contributed by atoms with van der Waals surface area (Å²) in [5.41, 5.74) is 1.62. The van der Waals surface area contributed by atoms with Crippen LogP contribution in [-0.2, 0) is 32.6 Å². The first-order valence-electron chi connectivity index (χ1n) is 17.1. The molecule has 8 nitrogen and oxygen atoms in total. The third kappa shape index (κ3) is 10.0. The molecule has 4 aromatic carbocycles. The molecule has 12 heteroatoms. The van der Waals surface area contributed by atoms with Crippen molar-refractivity contribution in [1.82, 2.24) is 10.2 Å². The lowest BCUT2D eigenvalue weighted by molar-refractivity contribution is -0.140. The molecule has 0 saturated heterocycles. The zero-order valence-corrected chi connectivity index (χ0v) is 31.9. The molecule has 51 heavy (non-hydrogen) atoms. The number of hydrogen-bond acceptors (Lipinski definition) is 6. The number of anilines is 1. The van der Waals surface area contributed by atoms with Crippen molar-refractivity contribution in [3.8, 4) is 5.75 Å². The number of carbonyl (C=O) groups is 2. The molecule has 2 amide bonds. The van der Waals surface area contributed by atoms with Gasteiger partial charge in [-0.25, -0.2) is 8.42 Å². The average Bonchev–Trinajstić information content (AvgIpc) is 3.14. The fourth-order valence-corrected chi connectivity index (χ4v) is 8.56. The fourth-order valence-electron chi connectivity index (χ4n) is 6.26. The van der Waals surface area contributed by atoms with Crippen LogP contribution in [0.1, 0.15) is 50.2 Å². The standard InChI is InChI=1S/C39H43Cl2N3O5S2/c1-3-49-37-17-11-10-16-35(37)44(51(47,48)33-22-20-32(50-2)21-23-33)27-38(45)43(26-29-18-19-30(40)25-34(29)41)36(24-28-12-6-4-7-13-28)39(46)42-31-14-8-5-9-15-31/h4,6-7,10-13,16-23,25,31,36H,3,5,8-9,14-15,24,26-27H2,1-2H3,(H,42,46)/t36-/m1/s1. The van der Waals surface area contributed by atoms with E-state index in [0.717, 1.165) is 46.9 Å². The van der Waals surface area contributed by atoms with E-state index >= 15 is 0 Å². The summed E-state index contributed by atoms with van der Waals surface area (Å²) in [4.78, 5) is 31.6. The van der Waals surface area contributed by atoms with E-state index in [1.807, 2.05) is 36.6 Å². The molecule has 1 aliphatic carbocycles. The van der Waals surface area contributed by atoms with Gasteiger partial charge >= 0.3 is 0 Å². The highest BCUT2D eigenvalue weighted by Gasteiger charge is 2.36. The van der Waals surface area contributed by atoms with Crippen LogP contribution in [0.25, 0.3) is 0 Å². The molecule has 270 valence electrons.